The zero-order valence-electron chi connectivity index (χ0n) is 10.5. The molecule has 0 aliphatic rings. The van der Waals surface area contributed by atoms with Crippen molar-refractivity contribution in [3.05, 3.63) is 22.7 Å². The second-order valence-electron chi connectivity index (χ2n) is 4.14. The Morgan fingerprint density at radius 1 is 1.26 bits per heavy atom. The van der Waals surface area contributed by atoms with Crippen molar-refractivity contribution in [1.82, 2.24) is 4.31 Å². The molecule has 2 N–H and O–H groups in total. The van der Waals surface area contributed by atoms with E-state index >= 15 is 0 Å². The average molecular weight is 371 g/mol. The Hall–Kier alpha value is -0.640. The van der Waals surface area contributed by atoms with E-state index in [4.69, 9.17) is 5.73 Å². The van der Waals surface area contributed by atoms with Gasteiger partial charge < -0.3 is 5.73 Å². The van der Waals surface area contributed by atoms with Crippen LogP contribution in [0.1, 0.15) is 0 Å². The molecule has 6 nitrogen and oxygen atoms in total. The summed E-state index contributed by atoms with van der Waals surface area (Å²) in [5, 5.41) is 0. The van der Waals surface area contributed by atoms with Gasteiger partial charge in [-0.15, -0.1) is 0 Å². The van der Waals surface area contributed by atoms with E-state index in [0.717, 1.165) is 10.6 Å². The van der Waals surface area contributed by atoms with E-state index in [2.05, 4.69) is 15.9 Å². The van der Waals surface area contributed by atoms with Crippen LogP contribution in [-0.4, -0.2) is 46.7 Å². The van der Waals surface area contributed by atoms with Gasteiger partial charge in [0.15, 0.2) is 0 Å². The van der Waals surface area contributed by atoms with Crippen LogP contribution >= 0.6 is 15.9 Å². The number of sulfonamides is 1. The standard InChI is InChI=1S/C10H15BrN2O4S2/c1-13(5-6-18(2,14)15)19(16,17)8-3-4-10(12)9(11)7-8/h3-4,7H,5-6,12H2,1-2H3. The highest BCUT2D eigenvalue weighted by molar-refractivity contribution is 9.10. The minimum atomic E-state index is -3.72. The molecule has 0 aliphatic carbocycles. The third-order valence-electron chi connectivity index (χ3n) is 2.46. The third-order valence-corrected chi connectivity index (χ3v) is 5.92. The number of hydrogen-bond donors (Lipinski definition) is 1. The minimum absolute atomic E-state index is 0.0598. The molecule has 9 heteroatoms. The van der Waals surface area contributed by atoms with Crippen LogP contribution < -0.4 is 5.73 Å². The first-order valence-corrected chi connectivity index (χ1v) is 9.52. The molecule has 19 heavy (non-hydrogen) atoms. The first-order valence-electron chi connectivity index (χ1n) is 5.23. The van der Waals surface area contributed by atoms with Crippen molar-refractivity contribution < 1.29 is 16.8 Å². The molecule has 0 saturated heterocycles. The molecule has 0 fully saturated rings. The lowest BCUT2D eigenvalue weighted by Gasteiger charge is -2.17. The van der Waals surface area contributed by atoms with Gasteiger partial charge in [0.2, 0.25) is 10.0 Å². The van der Waals surface area contributed by atoms with Gasteiger partial charge in [-0.05, 0) is 34.1 Å². The Morgan fingerprint density at radius 2 is 1.84 bits per heavy atom. The Labute approximate surface area is 121 Å². The number of nitrogen functional groups attached to an aromatic ring is 1. The average Bonchev–Trinajstić information content (AvgIpc) is 2.28. The summed E-state index contributed by atoms with van der Waals surface area (Å²) < 4.78 is 48.0. The Bertz CT molecular complexity index is 671. The number of nitrogens with zero attached hydrogens (tertiary/aromatic N) is 1. The lowest BCUT2D eigenvalue weighted by atomic mass is 10.3. The summed E-state index contributed by atoms with van der Waals surface area (Å²) in [4.78, 5) is 0.0598. The van der Waals surface area contributed by atoms with Crippen molar-refractivity contribution in [3.8, 4) is 0 Å². The minimum Gasteiger partial charge on any atom is -0.398 e. The molecule has 0 amide bonds. The zero-order chi connectivity index (χ0) is 14.8. The fourth-order valence-electron chi connectivity index (χ4n) is 1.26. The SMILES string of the molecule is CN(CCS(C)(=O)=O)S(=O)(=O)c1ccc(N)c(Br)c1. The number of benzene rings is 1. The van der Waals surface area contributed by atoms with E-state index in [-0.39, 0.29) is 17.2 Å². The monoisotopic (exact) mass is 370 g/mol. The van der Waals surface area contributed by atoms with E-state index in [0.29, 0.717) is 10.2 Å². The van der Waals surface area contributed by atoms with Crippen LogP contribution in [0.5, 0.6) is 0 Å². The largest absolute Gasteiger partial charge is 0.398 e. The van der Waals surface area contributed by atoms with Crippen LogP contribution in [0.3, 0.4) is 0 Å². The highest BCUT2D eigenvalue weighted by Gasteiger charge is 2.22. The van der Waals surface area contributed by atoms with Crippen molar-refractivity contribution in [1.29, 1.82) is 0 Å². The first kappa shape index (κ1) is 16.4. The number of sulfone groups is 1. The van der Waals surface area contributed by atoms with Crippen molar-refractivity contribution >= 4 is 41.5 Å². The molecule has 108 valence electrons. The predicted octanol–water partition coefficient (Wildman–Crippen LogP) is 0.696. The van der Waals surface area contributed by atoms with Crippen molar-refractivity contribution in [3.63, 3.8) is 0 Å². The van der Waals surface area contributed by atoms with Crippen molar-refractivity contribution in [2.75, 3.05) is 31.3 Å². The summed E-state index contributed by atoms with van der Waals surface area (Å²) in [7, 11) is -5.59. The predicted molar refractivity (Wildman–Crippen MR) is 78.1 cm³/mol. The molecule has 0 atom stereocenters. The Morgan fingerprint density at radius 3 is 2.32 bits per heavy atom. The molecular weight excluding hydrogens is 356 g/mol. The van der Waals surface area contributed by atoms with Gasteiger partial charge >= 0.3 is 0 Å². The van der Waals surface area contributed by atoms with Gasteiger partial charge in [-0.25, -0.2) is 16.8 Å². The van der Waals surface area contributed by atoms with Crippen LogP contribution in [-0.2, 0) is 19.9 Å². The van der Waals surface area contributed by atoms with Crippen molar-refractivity contribution in [2.45, 2.75) is 4.90 Å². The van der Waals surface area contributed by atoms with Crippen LogP contribution in [0.4, 0.5) is 5.69 Å². The molecule has 0 unspecified atom stereocenters. The molecule has 1 rings (SSSR count). The summed E-state index contributed by atoms with van der Waals surface area (Å²) in [6, 6.07) is 4.25. The highest BCUT2D eigenvalue weighted by atomic mass is 79.9. The van der Waals surface area contributed by atoms with Gasteiger partial charge in [-0.3, -0.25) is 0 Å². The van der Waals surface area contributed by atoms with Crippen LogP contribution in [0, 0.1) is 0 Å². The molecule has 0 saturated carbocycles. The van der Waals surface area contributed by atoms with E-state index in [1.165, 1.54) is 25.2 Å². The van der Waals surface area contributed by atoms with Crippen LogP contribution in [0.2, 0.25) is 0 Å². The fraction of sp³-hybridized carbons (Fsp3) is 0.400. The molecular formula is C10H15BrN2O4S2. The van der Waals surface area contributed by atoms with Gasteiger partial charge in [0.05, 0.1) is 10.6 Å². The molecule has 0 spiro atoms. The summed E-state index contributed by atoms with van der Waals surface area (Å²) in [6.45, 7) is -0.0941. The zero-order valence-corrected chi connectivity index (χ0v) is 13.7. The normalized spacial score (nSPS) is 12.8. The van der Waals surface area contributed by atoms with Gasteiger partial charge in [0.25, 0.3) is 0 Å². The third kappa shape index (κ3) is 4.44. The summed E-state index contributed by atoms with van der Waals surface area (Å²) in [5.74, 6) is -0.223. The maximum Gasteiger partial charge on any atom is 0.242 e. The maximum absolute atomic E-state index is 12.2. The number of halogens is 1. The number of rotatable bonds is 5. The van der Waals surface area contributed by atoms with E-state index < -0.39 is 19.9 Å². The van der Waals surface area contributed by atoms with Crippen LogP contribution in [0.25, 0.3) is 0 Å². The van der Waals surface area contributed by atoms with Gasteiger partial charge in [0.1, 0.15) is 9.84 Å². The lowest BCUT2D eigenvalue weighted by molar-refractivity contribution is 0.485. The van der Waals surface area contributed by atoms with Crippen molar-refractivity contribution in [2.24, 2.45) is 0 Å². The Balaban J connectivity index is 3.00. The summed E-state index contributed by atoms with van der Waals surface area (Å²) in [5.41, 5.74) is 6.02. The molecule has 1 aromatic rings. The second-order valence-corrected chi connectivity index (χ2v) is 9.30. The van der Waals surface area contributed by atoms with E-state index in [1.807, 2.05) is 0 Å². The fourth-order valence-corrected chi connectivity index (χ4v) is 3.71. The Kier molecular flexibility index (Phi) is 4.99. The summed E-state index contributed by atoms with van der Waals surface area (Å²) in [6.07, 6.45) is 1.06. The van der Waals surface area contributed by atoms with Gasteiger partial charge in [0, 0.05) is 30.0 Å². The number of anilines is 1. The number of hydrogen-bond acceptors (Lipinski definition) is 5. The smallest absolute Gasteiger partial charge is 0.242 e. The van der Waals surface area contributed by atoms with E-state index in [9.17, 15) is 16.8 Å². The number of nitrogens with two attached hydrogens (primary N) is 1. The molecule has 0 aliphatic heterocycles. The highest BCUT2D eigenvalue weighted by Crippen LogP contribution is 2.24. The van der Waals surface area contributed by atoms with Gasteiger partial charge in [-0.1, -0.05) is 0 Å². The maximum atomic E-state index is 12.2. The molecule has 1 aromatic carbocycles. The van der Waals surface area contributed by atoms with Crippen LogP contribution in [0.15, 0.2) is 27.6 Å². The summed E-state index contributed by atoms with van der Waals surface area (Å²) >= 11 is 3.15. The second kappa shape index (κ2) is 5.78. The quantitative estimate of drug-likeness (QED) is 0.769. The first-order chi connectivity index (χ1) is 8.54. The van der Waals surface area contributed by atoms with Gasteiger partial charge in [-0.2, -0.15) is 4.31 Å². The molecule has 0 bridgehead atoms. The molecule has 0 aromatic heterocycles. The molecule has 0 radical (unpaired) electrons. The lowest BCUT2D eigenvalue weighted by Crippen LogP contribution is -2.31. The van der Waals surface area contributed by atoms with E-state index in [1.54, 1.807) is 0 Å². The molecule has 0 heterocycles. The topological polar surface area (TPSA) is 97.5 Å².